The van der Waals surface area contributed by atoms with Gasteiger partial charge >= 0.3 is 6.03 Å². The quantitative estimate of drug-likeness (QED) is 0.643. The van der Waals surface area contributed by atoms with Crippen LogP contribution in [-0.2, 0) is 4.79 Å². The van der Waals surface area contributed by atoms with Gasteiger partial charge in [-0.2, -0.15) is 0 Å². The van der Waals surface area contributed by atoms with Crippen molar-refractivity contribution in [3.8, 4) is 0 Å². The standard InChI is InChI=1S/C15H24N4O2/c1-4-9-17-14(20)11(3)18-15(21)19-13-7-5-12(6-8-13)10(2)16/h5-8,10-11H,4,9,16H2,1-3H3,(H,17,20)(H2,18,19,21). The van der Waals surface area contributed by atoms with Crippen molar-refractivity contribution in [1.29, 1.82) is 0 Å². The topological polar surface area (TPSA) is 96.2 Å². The van der Waals surface area contributed by atoms with Crippen molar-refractivity contribution in [2.75, 3.05) is 11.9 Å². The number of benzene rings is 1. The maximum absolute atomic E-state index is 11.8. The maximum atomic E-state index is 11.8. The molecule has 0 aromatic heterocycles. The Hall–Kier alpha value is -2.08. The second kappa shape index (κ2) is 8.26. The summed E-state index contributed by atoms with van der Waals surface area (Å²) in [5.74, 6) is -0.195. The van der Waals surface area contributed by atoms with E-state index < -0.39 is 12.1 Å². The van der Waals surface area contributed by atoms with E-state index in [1.807, 2.05) is 26.0 Å². The number of amides is 3. The van der Waals surface area contributed by atoms with Gasteiger partial charge in [0.05, 0.1) is 0 Å². The molecule has 6 heteroatoms. The van der Waals surface area contributed by atoms with E-state index in [-0.39, 0.29) is 11.9 Å². The van der Waals surface area contributed by atoms with Crippen LogP contribution in [0.5, 0.6) is 0 Å². The summed E-state index contributed by atoms with van der Waals surface area (Å²) in [5.41, 5.74) is 7.40. The van der Waals surface area contributed by atoms with Crippen LogP contribution in [0, 0.1) is 0 Å². The molecule has 0 saturated heterocycles. The first-order valence-corrected chi connectivity index (χ1v) is 7.14. The highest BCUT2D eigenvalue weighted by Gasteiger charge is 2.14. The number of nitrogens with two attached hydrogens (primary N) is 1. The highest BCUT2D eigenvalue weighted by Crippen LogP contribution is 2.13. The summed E-state index contributed by atoms with van der Waals surface area (Å²) in [7, 11) is 0. The van der Waals surface area contributed by atoms with Crippen LogP contribution < -0.4 is 21.7 Å². The minimum atomic E-state index is -0.583. The van der Waals surface area contributed by atoms with Gasteiger partial charge < -0.3 is 21.7 Å². The zero-order valence-corrected chi connectivity index (χ0v) is 12.8. The fourth-order valence-electron chi connectivity index (χ4n) is 1.70. The molecule has 0 aliphatic rings. The van der Waals surface area contributed by atoms with Crippen LogP contribution in [0.25, 0.3) is 0 Å². The third-order valence-electron chi connectivity index (χ3n) is 2.98. The summed E-state index contributed by atoms with van der Waals surface area (Å²) >= 11 is 0. The van der Waals surface area contributed by atoms with Crippen molar-refractivity contribution in [2.45, 2.75) is 39.3 Å². The number of carbonyl (C=O) groups is 2. The maximum Gasteiger partial charge on any atom is 0.319 e. The predicted molar refractivity (Wildman–Crippen MR) is 84.0 cm³/mol. The molecule has 0 bridgehead atoms. The molecule has 0 spiro atoms. The molecular formula is C15H24N4O2. The molecule has 1 rings (SSSR count). The molecule has 116 valence electrons. The molecule has 21 heavy (non-hydrogen) atoms. The molecule has 0 aliphatic heterocycles. The smallest absolute Gasteiger partial charge is 0.319 e. The average Bonchev–Trinajstić information content (AvgIpc) is 2.45. The van der Waals surface area contributed by atoms with E-state index >= 15 is 0 Å². The SMILES string of the molecule is CCCNC(=O)C(C)NC(=O)Nc1ccc(C(C)N)cc1. The number of nitrogens with one attached hydrogen (secondary N) is 3. The Morgan fingerprint density at radius 3 is 2.33 bits per heavy atom. The van der Waals surface area contributed by atoms with Gasteiger partial charge in [0.2, 0.25) is 5.91 Å². The number of carbonyl (C=O) groups excluding carboxylic acids is 2. The summed E-state index contributed by atoms with van der Waals surface area (Å²) in [5, 5.41) is 7.99. The van der Waals surface area contributed by atoms with Crippen molar-refractivity contribution < 1.29 is 9.59 Å². The third-order valence-corrected chi connectivity index (χ3v) is 2.98. The van der Waals surface area contributed by atoms with Crippen molar-refractivity contribution in [1.82, 2.24) is 10.6 Å². The second-order valence-electron chi connectivity index (χ2n) is 5.02. The molecule has 5 N–H and O–H groups in total. The molecule has 2 atom stereocenters. The lowest BCUT2D eigenvalue weighted by atomic mass is 10.1. The van der Waals surface area contributed by atoms with E-state index in [9.17, 15) is 9.59 Å². The van der Waals surface area contributed by atoms with Crippen molar-refractivity contribution >= 4 is 17.6 Å². The highest BCUT2D eigenvalue weighted by atomic mass is 16.2. The molecular weight excluding hydrogens is 268 g/mol. The number of hydrogen-bond donors (Lipinski definition) is 4. The molecule has 0 aliphatic carbocycles. The van der Waals surface area contributed by atoms with Gasteiger partial charge in [0.25, 0.3) is 0 Å². The number of urea groups is 1. The van der Waals surface area contributed by atoms with E-state index in [1.54, 1.807) is 19.1 Å². The van der Waals surface area contributed by atoms with Crippen molar-refractivity contribution in [3.05, 3.63) is 29.8 Å². The Morgan fingerprint density at radius 2 is 1.81 bits per heavy atom. The lowest BCUT2D eigenvalue weighted by molar-refractivity contribution is -0.122. The van der Waals surface area contributed by atoms with Gasteiger partial charge in [0, 0.05) is 18.3 Å². The van der Waals surface area contributed by atoms with Gasteiger partial charge in [0.1, 0.15) is 6.04 Å². The zero-order valence-electron chi connectivity index (χ0n) is 12.8. The summed E-state index contributed by atoms with van der Waals surface area (Å²) in [6, 6.07) is 6.23. The van der Waals surface area contributed by atoms with Gasteiger partial charge in [-0.15, -0.1) is 0 Å². The van der Waals surface area contributed by atoms with Crippen LogP contribution in [0.3, 0.4) is 0 Å². The zero-order chi connectivity index (χ0) is 15.8. The van der Waals surface area contributed by atoms with Crippen molar-refractivity contribution in [2.24, 2.45) is 5.73 Å². The number of anilines is 1. The third kappa shape index (κ3) is 5.83. The summed E-state index contributed by atoms with van der Waals surface area (Å²) in [6.07, 6.45) is 0.858. The fourth-order valence-corrected chi connectivity index (χ4v) is 1.70. The van der Waals surface area contributed by atoms with E-state index in [0.29, 0.717) is 12.2 Å². The Kier molecular flexibility index (Phi) is 6.68. The van der Waals surface area contributed by atoms with Crippen LogP contribution in [0.15, 0.2) is 24.3 Å². The van der Waals surface area contributed by atoms with Crippen LogP contribution in [0.2, 0.25) is 0 Å². The molecule has 1 aromatic rings. The lowest BCUT2D eigenvalue weighted by Crippen LogP contribution is -2.46. The molecule has 3 amide bonds. The predicted octanol–water partition coefficient (Wildman–Crippen LogP) is 1.74. The second-order valence-corrected chi connectivity index (χ2v) is 5.02. The van der Waals surface area contributed by atoms with Gasteiger partial charge in [0.15, 0.2) is 0 Å². The molecule has 1 aromatic carbocycles. The Bertz CT molecular complexity index is 471. The average molecular weight is 292 g/mol. The molecule has 0 fully saturated rings. The molecule has 6 nitrogen and oxygen atoms in total. The van der Waals surface area contributed by atoms with Crippen LogP contribution in [0.1, 0.15) is 38.8 Å². The minimum Gasteiger partial charge on any atom is -0.354 e. The van der Waals surface area contributed by atoms with Gasteiger partial charge in [-0.3, -0.25) is 4.79 Å². The van der Waals surface area contributed by atoms with Gasteiger partial charge in [-0.05, 0) is 38.0 Å². The molecule has 2 unspecified atom stereocenters. The van der Waals surface area contributed by atoms with Crippen LogP contribution in [-0.4, -0.2) is 24.5 Å². The van der Waals surface area contributed by atoms with Crippen LogP contribution >= 0.6 is 0 Å². The minimum absolute atomic E-state index is 0.0461. The van der Waals surface area contributed by atoms with E-state index in [1.165, 1.54) is 0 Å². The van der Waals surface area contributed by atoms with Crippen LogP contribution in [0.4, 0.5) is 10.5 Å². The number of hydrogen-bond acceptors (Lipinski definition) is 3. The Balaban J connectivity index is 2.47. The van der Waals surface area contributed by atoms with Gasteiger partial charge in [-0.25, -0.2) is 4.79 Å². The van der Waals surface area contributed by atoms with E-state index in [2.05, 4.69) is 16.0 Å². The summed E-state index contributed by atoms with van der Waals surface area (Å²) in [4.78, 5) is 23.4. The molecule has 0 radical (unpaired) electrons. The fraction of sp³-hybridized carbons (Fsp3) is 0.467. The number of rotatable bonds is 6. The first-order valence-electron chi connectivity index (χ1n) is 7.14. The molecule has 0 saturated carbocycles. The Morgan fingerprint density at radius 1 is 1.19 bits per heavy atom. The largest absolute Gasteiger partial charge is 0.354 e. The normalized spacial score (nSPS) is 13.1. The Labute approximate surface area is 125 Å². The van der Waals surface area contributed by atoms with E-state index in [0.717, 1.165) is 12.0 Å². The highest BCUT2D eigenvalue weighted by molar-refractivity contribution is 5.93. The monoisotopic (exact) mass is 292 g/mol. The molecule has 0 heterocycles. The van der Waals surface area contributed by atoms with Gasteiger partial charge in [-0.1, -0.05) is 19.1 Å². The first kappa shape index (κ1) is 17.0. The lowest BCUT2D eigenvalue weighted by Gasteiger charge is -2.15. The summed E-state index contributed by atoms with van der Waals surface area (Å²) < 4.78 is 0. The first-order chi connectivity index (χ1) is 9.93. The summed E-state index contributed by atoms with van der Waals surface area (Å²) in [6.45, 7) is 6.11. The van der Waals surface area contributed by atoms with Crippen molar-refractivity contribution in [3.63, 3.8) is 0 Å². The van der Waals surface area contributed by atoms with E-state index in [4.69, 9.17) is 5.73 Å².